The van der Waals surface area contributed by atoms with Crippen molar-refractivity contribution in [2.75, 3.05) is 11.4 Å². The summed E-state index contributed by atoms with van der Waals surface area (Å²) in [6, 6.07) is 17.2. The van der Waals surface area contributed by atoms with Gasteiger partial charge >= 0.3 is 0 Å². The van der Waals surface area contributed by atoms with Crippen molar-refractivity contribution in [1.29, 1.82) is 0 Å². The average molecular weight is 237 g/mol. The zero-order valence-corrected chi connectivity index (χ0v) is 10.2. The Kier molecular flexibility index (Phi) is 2.17. The van der Waals surface area contributed by atoms with Gasteiger partial charge in [0.1, 0.15) is 0 Å². The zero-order chi connectivity index (χ0) is 11.9. The van der Waals surface area contributed by atoms with Crippen LogP contribution in [0.2, 0.25) is 0 Å². The number of hydrogen-bond donors (Lipinski definition) is 0. The van der Waals surface area contributed by atoms with Crippen molar-refractivity contribution in [2.24, 2.45) is 0 Å². The SMILES string of the molecule is c1ccc2c(c1)CCN1c3ccccc3CO[C@H]21. The van der Waals surface area contributed by atoms with Crippen molar-refractivity contribution in [2.45, 2.75) is 19.3 Å². The summed E-state index contributed by atoms with van der Waals surface area (Å²) in [6.45, 7) is 1.75. The summed E-state index contributed by atoms with van der Waals surface area (Å²) < 4.78 is 6.06. The smallest absolute Gasteiger partial charge is 0.157 e. The molecule has 1 atom stereocenters. The van der Waals surface area contributed by atoms with E-state index in [9.17, 15) is 0 Å². The van der Waals surface area contributed by atoms with E-state index >= 15 is 0 Å². The minimum Gasteiger partial charge on any atom is -0.349 e. The van der Waals surface area contributed by atoms with Crippen LogP contribution in [0.4, 0.5) is 5.69 Å². The Morgan fingerprint density at radius 2 is 1.72 bits per heavy atom. The number of nitrogens with zero attached hydrogens (tertiary/aromatic N) is 1. The number of para-hydroxylation sites is 1. The van der Waals surface area contributed by atoms with E-state index < -0.39 is 0 Å². The third-order valence-corrected chi connectivity index (χ3v) is 3.92. The van der Waals surface area contributed by atoms with Crippen LogP contribution in [0.15, 0.2) is 48.5 Å². The molecule has 0 radical (unpaired) electrons. The molecule has 2 aromatic carbocycles. The van der Waals surface area contributed by atoms with E-state index in [4.69, 9.17) is 4.74 Å². The Morgan fingerprint density at radius 3 is 2.67 bits per heavy atom. The maximum Gasteiger partial charge on any atom is 0.157 e. The summed E-state index contributed by atoms with van der Waals surface area (Å²) in [4.78, 5) is 2.39. The first kappa shape index (κ1) is 10.2. The number of ether oxygens (including phenoxy) is 1. The lowest BCUT2D eigenvalue weighted by atomic mass is 9.96. The number of fused-ring (bicyclic) bond motifs is 5. The quantitative estimate of drug-likeness (QED) is 0.697. The summed E-state index contributed by atoms with van der Waals surface area (Å²) in [7, 11) is 0. The molecule has 0 aliphatic carbocycles. The minimum absolute atomic E-state index is 0.102. The monoisotopic (exact) mass is 237 g/mol. The topological polar surface area (TPSA) is 12.5 Å². The van der Waals surface area contributed by atoms with Crippen LogP contribution in [0, 0.1) is 0 Å². The van der Waals surface area contributed by atoms with Gasteiger partial charge in [0.05, 0.1) is 6.61 Å². The van der Waals surface area contributed by atoms with Crippen LogP contribution in [-0.2, 0) is 17.8 Å². The van der Waals surface area contributed by atoms with Crippen molar-refractivity contribution in [3.8, 4) is 0 Å². The van der Waals surface area contributed by atoms with E-state index in [1.54, 1.807) is 0 Å². The average Bonchev–Trinajstić information content (AvgIpc) is 2.46. The van der Waals surface area contributed by atoms with Crippen molar-refractivity contribution in [3.05, 3.63) is 65.2 Å². The van der Waals surface area contributed by atoms with Crippen LogP contribution in [0.1, 0.15) is 22.9 Å². The van der Waals surface area contributed by atoms with E-state index in [0.717, 1.165) is 13.0 Å². The molecule has 4 rings (SSSR count). The highest BCUT2D eigenvalue weighted by molar-refractivity contribution is 5.58. The van der Waals surface area contributed by atoms with Gasteiger partial charge < -0.3 is 9.64 Å². The summed E-state index contributed by atoms with van der Waals surface area (Å²) >= 11 is 0. The Balaban J connectivity index is 1.83. The van der Waals surface area contributed by atoms with Crippen LogP contribution in [0.3, 0.4) is 0 Å². The fraction of sp³-hybridized carbons (Fsp3) is 0.250. The molecule has 2 aromatic rings. The maximum absolute atomic E-state index is 6.06. The molecule has 18 heavy (non-hydrogen) atoms. The van der Waals surface area contributed by atoms with E-state index in [0.29, 0.717) is 6.61 Å². The van der Waals surface area contributed by atoms with Gasteiger partial charge in [-0.15, -0.1) is 0 Å². The molecule has 0 spiro atoms. The van der Waals surface area contributed by atoms with Gasteiger partial charge in [-0.25, -0.2) is 0 Å². The van der Waals surface area contributed by atoms with Crippen molar-refractivity contribution in [1.82, 2.24) is 0 Å². The molecular formula is C16H15NO. The minimum atomic E-state index is 0.102. The van der Waals surface area contributed by atoms with Crippen LogP contribution in [-0.4, -0.2) is 6.54 Å². The standard InChI is InChI=1S/C16H15NO/c1-3-7-14-12(5-1)9-10-17-15-8-4-2-6-13(15)11-18-16(14)17/h1-8,16H,9-11H2/t16-/m1/s1. The second kappa shape index (κ2) is 3.85. The summed E-state index contributed by atoms with van der Waals surface area (Å²) in [6.07, 6.45) is 1.20. The first-order valence-electron chi connectivity index (χ1n) is 6.47. The molecule has 0 fully saturated rings. The predicted molar refractivity (Wildman–Crippen MR) is 71.5 cm³/mol. The Morgan fingerprint density at radius 1 is 0.944 bits per heavy atom. The molecule has 2 heteroatoms. The molecule has 90 valence electrons. The zero-order valence-electron chi connectivity index (χ0n) is 10.2. The van der Waals surface area contributed by atoms with E-state index in [1.807, 2.05) is 0 Å². The van der Waals surface area contributed by atoms with Gasteiger partial charge in [0.2, 0.25) is 0 Å². The fourth-order valence-corrected chi connectivity index (χ4v) is 3.04. The van der Waals surface area contributed by atoms with E-state index in [2.05, 4.69) is 53.4 Å². The first-order chi connectivity index (χ1) is 8.93. The van der Waals surface area contributed by atoms with Crippen LogP contribution in [0.5, 0.6) is 0 Å². The first-order valence-corrected chi connectivity index (χ1v) is 6.47. The normalized spacial score (nSPS) is 20.9. The molecule has 2 heterocycles. The molecule has 0 amide bonds. The molecule has 0 saturated heterocycles. The number of benzene rings is 2. The largest absolute Gasteiger partial charge is 0.349 e. The summed E-state index contributed by atoms with van der Waals surface area (Å²) in [5, 5.41) is 0. The Hall–Kier alpha value is -1.80. The van der Waals surface area contributed by atoms with Gasteiger partial charge in [0.15, 0.2) is 6.23 Å². The van der Waals surface area contributed by atoms with Gasteiger partial charge in [-0.1, -0.05) is 42.5 Å². The summed E-state index contributed by atoms with van der Waals surface area (Å²) in [5.74, 6) is 0. The van der Waals surface area contributed by atoms with Gasteiger partial charge in [-0.3, -0.25) is 0 Å². The number of hydrogen-bond acceptors (Lipinski definition) is 2. The summed E-state index contributed by atoms with van der Waals surface area (Å²) in [5.41, 5.74) is 5.40. The van der Waals surface area contributed by atoms with Gasteiger partial charge in [0, 0.05) is 23.4 Å². The second-order valence-corrected chi connectivity index (χ2v) is 4.93. The third-order valence-electron chi connectivity index (χ3n) is 3.92. The molecule has 2 nitrogen and oxygen atoms in total. The van der Waals surface area contributed by atoms with E-state index in [1.165, 1.54) is 22.4 Å². The number of rotatable bonds is 0. The lowest BCUT2D eigenvalue weighted by molar-refractivity contribution is 0.0230. The van der Waals surface area contributed by atoms with E-state index in [-0.39, 0.29) is 6.23 Å². The molecule has 0 bridgehead atoms. The highest BCUT2D eigenvalue weighted by Crippen LogP contribution is 2.40. The second-order valence-electron chi connectivity index (χ2n) is 4.93. The third kappa shape index (κ3) is 1.39. The van der Waals surface area contributed by atoms with Gasteiger partial charge in [-0.05, 0) is 18.1 Å². The fourth-order valence-electron chi connectivity index (χ4n) is 3.04. The predicted octanol–water partition coefficient (Wildman–Crippen LogP) is 3.28. The van der Waals surface area contributed by atoms with Crippen molar-refractivity contribution in [3.63, 3.8) is 0 Å². The Labute approximate surface area is 107 Å². The van der Waals surface area contributed by atoms with Gasteiger partial charge in [-0.2, -0.15) is 0 Å². The molecule has 0 saturated carbocycles. The Bertz CT molecular complexity index is 540. The highest BCUT2D eigenvalue weighted by atomic mass is 16.5. The molecule has 0 aromatic heterocycles. The molecule has 0 unspecified atom stereocenters. The lowest BCUT2D eigenvalue weighted by Crippen LogP contribution is -2.39. The number of anilines is 1. The van der Waals surface area contributed by atoms with Crippen LogP contribution in [0.25, 0.3) is 0 Å². The van der Waals surface area contributed by atoms with Crippen molar-refractivity contribution < 1.29 is 4.74 Å². The maximum atomic E-state index is 6.06. The van der Waals surface area contributed by atoms with Crippen molar-refractivity contribution >= 4 is 5.69 Å². The molecular weight excluding hydrogens is 222 g/mol. The molecule has 0 N–H and O–H groups in total. The van der Waals surface area contributed by atoms with Crippen LogP contribution >= 0.6 is 0 Å². The molecule has 2 aliphatic heterocycles. The highest BCUT2D eigenvalue weighted by Gasteiger charge is 2.32. The van der Waals surface area contributed by atoms with Crippen LogP contribution < -0.4 is 4.90 Å². The lowest BCUT2D eigenvalue weighted by Gasteiger charge is -2.42. The van der Waals surface area contributed by atoms with Gasteiger partial charge in [0.25, 0.3) is 0 Å². The molecule has 2 aliphatic rings.